The van der Waals surface area contributed by atoms with Gasteiger partial charge in [-0.05, 0) is 54.3 Å². The number of benzene rings is 2. The molecule has 0 fully saturated rings. The maximum Gasteiger partial charge on any atom is 0.433 e. The number of hydrogen-bond donors (Lipinski definition) is 1. The normalized spacial score (nSPS) is 12.3. The Morgan fingerprint density at radius 3 is 2.47 bits per heavy atom. The number of aromatic nitrogens is 4. The van der Waals surface area contributed by atoms with Gasteiger partial charge in [0.2, 0.25) is 0 Å². The van der Waals surface area contributed by atoms with E-state index in [9.17, 15) is 27.9 Å². The summed E-state index contributed by atoms with van der Waals surface area (Å²) >= 11 is 0. The standard InChI is InChI=1S/C27H23F3N4O4/c1-17(14-20(26(36)37)12-13-34-25(35)22-4-2-3-5-23(22)32-33-34)19-7-9-21(10-8-19)38-16-18-6-11-24(31-15-18)27(28,29)30/h2-11,15,20H,1,12-14,16H2,(H,36,37). The predicted molar refractivity (Wildman–Crippen MR) is 133 cm³/mol. The van der Waals surface area contributed by atoms with Crippen LogP contribution in [0.1, 0.15) is 29.7 Å². The summed E-state index contributed by atoms with van der Waals surface area (Å²) in [5.74, 6) is -1.34. The minimum atomic E-state index is -4.50. The third-order valence-electron chi connectivity index (χ3n) is 5.94. The molecule has 11 heteroatoms. The van der Waals surface area contributed by atoms with Gasteiger partial charge >= 0.3 is 12.1 Å². The number of carboxylic acid groups (broad SMARTS) is 1. The van der Waals surface area contributed by atoms with Crippen molar-refractivity contribution in [2.24, 2.45) is 5.92 Å². The molecule has 0 spiro atoms. The molecule has 196 valence electrons. The molecule has 2 heterocycles. The third kappa shape index (κ3) is 6.41. The van der Waals surface area contributed by atoms with Crippen LogP contribution >= 0.6 is 0 Å². The molecule has 0 saturated carbocycles. The number of allylic oxidation sites excluding steroid dienone is 1. The number of carboxylic acids is 1. The van der Waals surface area contributed by atoms with E-state index in [2.05, 4.69) is 21.9 Å². The van der Waals surface area contributed by atoms with Crippen LogP contribution < -0.4 is 10.3 Å². The number of fused-ring (bicyclic) bond motifs is 1. The largest absolute Gasteiger partial charge is 0.489 e. The average molecular weight is 524 g/mol. The van der Waals surface area contributed by atoms with E-state index >= 15 is 0 Å². The fourth-order valence-corrected chi connectivity index (χ4v) is 3.81. The Morgan fingerprint density at radius 2 is 1.82 bits per heavy atom. The molecule has 0 aliphatic carbocycles. The van der Waals surface area contributed by atoms with Crippen LogP contribution in [0.2, 0.25) is 0 Å². The monoisotopic (exact) mass is 524 g/mol. The molecule has 0 aliphatic heterocycles. The Hall–Kier alpha value is -4.54. The van der Waals surface area contributed by atoms with Gasteiger partial charge in [-0.1, -0.05) is 42.1 Å². The minimum absolute atomic E-state index is 0.0313. The van der Waals surface area contributed by atoms with Crippen LogP contribution in [-0.2, 0) is 24.1 Å². The van der Waals surface area contributed by atoms with Crippen LogP contribution in [0.25, 0.3) is 16.5 Å². The molecule has 1 unspecified atom stereocenters. The summed E-state index contributed by atoms with van der Waals surface area (Å²) in [6, 6.07) is 15.8. The maximum absolute atomic E-state index is 12.6. The maximum atomic E-state index is 12.6. The number of pyridine rings is 1. The molecule has 8 nitrogen and oxygen atoms in total. The number of ether oxygens (including phenoxy) is 1. The molecule has 2 aromatic heterocycles. The lowest BCUT2D eigenvalue weighted by Crippen LogP contribution is -2.26. The summed E-state index contributed by atoms with van der Waals surface area (Å²) in [5.41, 5.74) is 0.948. The Labute approximate surface area is 215 Å². The van der Waals surface area contributed by atoms with Crippen molar-refractivity contribution in [3.05, 3.63) is 101 Å². The summed E-state index contributed by atoms with van der Waals surface area (Å²) in [6.07, 6.45) is -3.07. The first-order valence-electron chi connectivity index (χ1n) is 11.6. The van der Waals surface area contributed by atoms with E-state index in [1.807, 2.05) is 0 Å². The molecule has 4 aromatic rings. The summed E-state index contributed by atoms with van der Waals surface area (Å²) < 4.78 is 44.7. The lowest BCUT2D eigenvalue weighted by molar-refractivity contribution is -0.142. The van der Waals surface area contributed by atoms with Crippen molar-refractivity contribution in [1.29, 1.82) is 0 Å². The molecule has 4 rings (SSSR count). The second-order valence-electron chi connectivity index (χ2n) is 8.63. The van der Waals surface area contributed by atoms with E-state index in [0.29, 0.717) is 33.4 Å². The van der Waals surface area contributed by atoms with Crippen LogP contribution in [0.3, 0.4) is 0 Å². The SMILES string of the molecule is C=C(CC(CCn1nnc2ccccc2c1=O)C(=O)O)c1ccc(OCc2ccc(C(F)(F)F)nc2)cc1. The first-order chi connectivity index (χ1) is 18.1. The molecular formula is C27H23F3N4O4. The Morgan fingerprint density at radius 1 is 1.08 bits per heavy atom. The summed E-state index contributed by atoms with van der Waals surface area (Å²) in [6.45, 7) is 4.13. The highest BCUT2D eigenvalue weighted by Gasteiger charge is 2.32. The van der Waals surface area contributed by atoms with Gasteiger partial charge in [0.05, 0.1) is 11.3 Å². The van der Waals surface area contributed by atoms with Crippen LogP contribution in [0.5, 0.6) is 5.75 Å². The molecule has 0 bridgehead atoms. The zero-order valence-corrected chi connectivity index (χ0v) is 20.1. The molecule has 0 aliphatic rings. The van der Waals surface area contributed by atoms with Crippen molar-refractivity contribution in [3.63, 3.8) is 0 Å². The Bertz CT molecular complexity index is 1500. The van der Waals surface area contributed by atoms with Gasteiger partial charge in [-0.25, -0.2) is 4.68 Å². The number of aryl methyl sites for hydroxylation is 1. The zero-order valence-electron chi connectivity index (χ0n) is 20.1. The van der Waals surface area contributed by atoms with Crippen LogP contribution in [0.4, 0.5) is 13.2 Å². The third-order valence-corrected chi connectivity index (χ3v) is 5.94. The lowest BCUT2D eigenvalue weighted by Gasteiger charge is -2.15. The molecule has 1 atom stereocenters. The molecule has 0 saturated heterocycles. The van der Waals surface area contributed by atoms with E-state index in [1.165, 1.54) is 10.7 Å². The van der Waals surface area contributed by atoms with Gasteiger partial charge in [-0.3, -0.25) is 14.6 Å². The van der Waals surface area contributed by atoms with Crippen molar-refractivity contribution in [2.45, 2.75) is 32.2 Å². The number of nitrogens with zero attached hydrogens (tertiary/aromatic N) is 4. The smallest absolute Gasteiger partial charge is 0.433 e. The highest BCUT2D eigenvalue weighted by Crippen LogP contribution is 2.28. The lowest BCUT2D eigenvalue weighted by atomic mass is 9.93. The predicted octanol–water partition coefficient (Wildman–Crippen LogP) is 4.98. The van der Waals surface area contributed by atoms with E-state index in [-0.39, 0.29) is 31.6 Å². The van der Waals surface area contributed by atoms with E-state index in [1.54, 1.807) is 48.5 Å². The Balaban J connectivity index is 1.34. The number of aliphatic carboxylic acids is 1. The van der Waals surface area contributed by atoms with Gasteiger partial charge in [-0.2, -0.15) is 13.2 Å². The van der Waals surface area contributed by atoms with Gasteiger partial charge < -0.3 is 9.84 Å². The fourth-order valence-electron chi connectivity index (χ4n) is 3.81. The molecule has 0 amide bonds. The summed E-state index contributed by atoms with van der Waals surface area (Å²) in [7, 11) is 0. The van der Waals surface area contributed by atoms with Gasteiger partial charge in [0.25, 0.3) is 5.56 Å². The fraction of sp³-hybridized carbons (Fsp3) is 0.222. The zero-order chi connectivity index (χ0) is 27.3. The number of hydrogen-bond acceptors (Lipinski definition) is 6. The summed E-state index contributed by atoms with van der Waals surface area (Å²) in [4.78, 5) is 27.9. The summed E-state index contributed by atoms with van der Waals surface area (Å²) in [5, 5.41) is 18.1. The Kier molecular flexibility index (Phi) is 7.85. The topological polar surface area (TPSA) is 107 Å². The van der Waals surface area contributed by atoms with E-state index in [0.717, 1.165) is 12.3 Å². The molecule has 38 heavy (non-hydrogen) atoms. The molecule has 0 radical (unpaired) electrons. The minimum Gasteiger partial charge on any atom is -0.489 e. The first-order valence-corrected chi connectivity index (χ1v) is 11.6. The van der Waals surface area contributed by atoms with Crippen molar-refractivity contribution >= 4 is 22.4 Å². The second-order valence-corrected chi connectivity index (χ2v) is 8.63. The molecular weight excluding hydrogens is 501 g/mol. The van der Waals surface area contributed by atoms with Crippen molar-refractivity contribution in [2.75, 3.05) is 0 Å². The molecule has 1 N–H and O–H groups in total. The van der Waals surface area contributed by atoms with Crippen molar-refractivity contribution in [3.8, 4) is 5.75 Å². The average Bonchev–Trinajstić information content (AvgIpc) is 2.90. The van der Waals surface area contributed by atoms with Gasteiger partial charge in [0.15, 0.2) is 0 Å². The van der Waals surface area contributed by atoms with Crippen LogP contribution in [0, 0.1) is 5.92 Å². The van der Waals surface area contributed by atoms with Gasteiger partial charge in [-0.15, -0.1) is 5.10 Å². The highest BCUT2D eigenvalue weighted by atomic mass is 19.4. The second kappa shape index (κ2) is 11.2. The van der Waals surface area contributed by atoms with Crippen molar-refractivity contribution in [1.82, 2.24) is 20.0 Å². The number of halogens is 3. The van der Waals surface area contributed by atoms with Crippen LogP contribution in [-0.4, -0.2) is 31.1 Å². The van der Waals surface area contributed by atoms with E-state index < -0.39 is 23.8 Å². The molecule has 2 aromatic carbocycles. The number of carbonyl (C=O) groups is 1. The van der Waals surface area contributed by atoms with Gasteiger partial charge in [0, 0.05) is 18.3 Å². The van der Waals surface area contributed by atoms with Gasteiger partial charge in [0.1, 0.15) is 23.6 Å². The number of alkyl halides is 3. The highest BCUT2D eigenvalue weighted by molar-refractivity contribution is 5.76. The van der Waals surface area contributed by atoms with Crippen LogP contribution in [0.15, 0.2) is 78.2 Å². The van der Waals surface area contributed by atoms with E-state index in [4.69, 9.17) is 4.74 Å². The number of rotatable bonds is 10. The first kappa shape index (κ1) is 26.5. The quantitative estimate of drug-likeness (QED) is 0.312. The van der Waals surface area contributed by atoms with Crippen molar-refractivity contribution < 1.29 is 27.8 Å².